The van der Waals surface area contributed by atoms with Gasteiger partial charge in [-0.25, -0.2) is 15.0 Å². The first-order valence-corrected chi connectivity index (χ1v) is 5.93. The van der Waals surface area contributed by atoms with Crippen LogP contribution in [-0.4, -0.2) is 48.0 Å². The van der Waals surface area contributed by atoms with E-state index in [9.17, 15) is 10.2 Å². The average molecular weight is 262 g/mol. The van der Waals surface area contributed by atoms with Gasteiger partial charge in [0.25, 0.3) is 0 Å². The van der Waals surface area contributed by atoms with Gasteiger partial charge >= 0.3 is 0 Å². The topological polar surface area (TPSA) is 93.3 Å². The number of nitrogens with zero attached hydrogens (tertiary/aromatic N) is 4. The molecule has 2 aromatic rings. The van der Waals surface area contributed by atoms with Gasteiger partial charge in [0.2, 0.25) is 0 Å². The van der Waals surface area contributed by atoms with Crippen molar-refractivity contribution in [3.63, 3.8) is 0 Å². The summed E-state index contributed by atoms with van der Waals surface area (Å²) in [5.74, 6) is 0. The first kappa shape index (κ1) is 12.2. The van der Waals surface area contributed by atoms with Crippen LogP contribution in [0.1, 0.15) is 12.6 Å². The Morgan fingerprint density at radius 1 is 1.58 bits per heavy atom. The Balaban J connectivity index is 1.98. The Morgan fingerprint density at radius 3 is 3.11 bits per heavy atom. The maximum absolute atomic E-state index is 10.1. The summed E-state index contributed by atoms with van der Waals surface area (Å²) in [4.78, 5) is 12.2. The van der Waals surface area contributed by atoms with Crippen molar-refractivity contribution in [3.05, 3.63) is 31.5 Å². The highest BCUT2D eigenvalue weighted by Crippen LogP contribution is 2.38. The fraction of sp³-hybridized carbons (Fsp3) is 0.417. The van der Waals surface area contributed by atoms with Gasteiger partial charge in [0.15, 0.2) is 5.65 Å². The summed E-state index contributed by atoms with van der Waals surface area (Å²) in [6, 6.07) is 0. The molecule has 0 aliphatic carbocycles. The van der Waals surface area contributed by atoms with Gasteiger partial charge in [-0.15, -0.1) is 6.58 Å². The number of aliphatic hydroxyl groups is 2. The molecular weight excluding hydrogens is 248 g/mol. The molecule has 0 bridgehead atoms. The van der Waals surface area contributed by atoms with Gasteiger partial charge in [0.1, 0.15) is 23.7 Å². The van der Waals surface area contributed by atoms with E-state index >= 15 is 0 Å². The third-order valence-corrected chi connectivity index (χ3v) is 3.49. The molecule has 1 fully saturated rings. The Labute approximate surface area is 109 Å². The third-order valence-electron chi connectivity index (χ3n) is 3.49. The Morgan fingerprint density at radius 2 is 2.42 bits per heavy atom. The smallest absolute Gasteiger partial charge is 0.165 e. The van der Waals surface area contributed by atoms with E-state index in [2.05, 4.69) is 21.5 Å². The number of hydrogen-bond donors (Lipinski definition) is 2. The van der Waals surface area contributed by atoms with Crippen LogP contribution in [0.15, 0.2) is 31.5 Å². The second-order valence-electron chi connectivity index (χ2n) is 4.52. The summed E-state index contributed by atoms with van der Waals surface area (Å²) in [6.07, 6.45) is 5.14. The van der Waals surface area contributed by atoms with Crippen LogP contribution in [-0.2, 0) is 4.74 Å². The Kier molecular flexibility index (Phi) is 2.81. The van der Waals surface area contributed by atoms with Gasteiger partial charge in [0.05, 0.1) is 25.2 Å². The summed E-state index contributed by atoms with van der Waals surface area (Å²) < 4.78 is 7.48. The second kappa shape index (κ2) is 4.37. The van der Waals surface area contributed by atoms with Crippen molar-refractivity contribution in [2.75, 3.05) is 6.61 Å². The van der Waals surface area contributed by atoms with Crippen LogP contribution >= 0.6 is 0 Å². The highest BCUT2D eigenvalue weighted by atomic mass is 16.6. The Bertz CT molecular complexity index is 614. The molecule has 0 saturated carbocycles. The van der Waals surface area contributed by atoms with Crippen LogP contribution in [0.25, 0.3) is 11.2 Å². The van der Waals surface area contributed by atoms with Gasteiger partial charge in [-0.05, 0) is 0 Å². The summed E-state index contributed by atoms with van der Waals surface area (Å²) in [5.41, 5.74) is 0.152. The molecule has 19 heavy (non-hydrogen) atoms. The van der Waals surface area contributed by atoms with Gasteiger partial charge in [-0.1, -0.05) is 6.08 Å². The molecule has 100 valence electrons. The largest absolute Gasteiger partial charge is 0.393 e. The van der Waals surface area contributed by atoms with Gasteiger partial charge in [-0.2, -0.15) is 0 Å². The van der Waals surface area contributed by atoms with Gasteiger partial charge in [-0.3, -0.25) is 4.57 Å². The van der Waals surface area contributed by atoms with E-state index < -0.39 is 17.9 Å². The molecule has 3 atom stereocenters. The average Bonchev–Trinajstić information content (AvgIpc) is 3.00. The zero-order valence-electron chi connectivity index (χ0n) is 10.2. The van der Waals surface area contributed by atoms with Crippen molar-refractivity contribution >= 4 is 11.2 Å². The minimum absolute atomic E-state index is 0.324. The highest BCUT2D eigenvalue weighted by Gasteiger charge is 2.46. The minimum Gasteiger partial charge on any atom is -0.393 e. The van der Waals surface area contributed by atoms with Crippen LogP contribution in [0.2, 0.25) is 0 Å². The lowest BCUT2D eigenvalue weighted by Gasteiger charge is -2.26. The van der Waals surface area contributed by atoms with Crippen molar-refractivity contribution in [3.8, 4) is 0 Å². The van der Waals surface area contributed by atoms with Crippen LogP contribution in [0.5, 0.6) is 0 Å². The van der Waals surface area contributed by atoms with Crippen molar-refractivity contribution in [2.24, 2.45) is 0 Å². The van der Waals surface area contributed by atoms with Crippen LogP contribution in [0, 0.1) is 0 Å². The molecule has 3 rings (SSSR count). The molecule has 2 aromatic heterocycles. The van der Waals surface area contributed by atoms with Crippen molar-refractivity contribution in [1.29, 1.82) is 0 Å². The number of aliphatic hydroxyl groups excluding tert-OH is 2. The van der Waals surface area contributed by atoms with Gasteiger partial charge < -0.3 is 14.9 Å². The lowest BCUT2D eigenvalue weighted by Crippen LogP contribution is -2.40. The summed E-state index contributed by atoms with van der Waals surface area (Å²) in [7, 11) is 0. The number of fused-ring (bicyclic) bond motifs is 1. The summed E-state index contributed by atoms with van der Waals surface area (Å²) >= 11 is 0. The molecule has 7 heteroatoms. The minimum atomic E-state index is -1.13. The molecule has 1 aliphatic rings. The maximum atomic E-state index is 10.1. The monoisotopic (exact) mass is 262 g/mol. The van der Waals surface area contributed by atoms with Crippen LogP contribution in [0.3, 0.4) is 0 Å². The molecule has 7 nitrogen and oxygen atoms in total. The molecule has 0 radical (unpaired) electrons. The van der Waals surface area contributed by atoms with E-state index in [1.807, 2.05) is 0 Å². The predicted molar refractivity (Wildman–Crippen MR) is 66.1 cm³/mol. The first-order valence-electron chi connectivity index (χ1n) is 5.93. The standard InChI is InChI=1S/C12H14N4O3/c1-2-12(5-17)9(18)3-10(19-12)16-7-15-8-4-13-6-14-11(8)16/h2,4,6-7,9-10,17-18H,1,3,5H2/t9-,10+,12+/m0/s1. The maximum Gasteiger partial charge on any atom is 0.165 e. The van der Waals surface area contributed by atoms with Crippen LogP contribution in [0.4, 0.5) is 0 Å². The summed E-state index contributed by atoms with van der Waals surface area (Å²) in [5, 5.41) is 19.5. The molecule has 3 heterocycles. The third kappa shape index (κ3) is 1.74. The summed E-state index contributed by atoms with van der Waals surface area (Å²) in [6.45, 7) is 3.30. The first-order chi connectivity index (χ1) is 9.20. The van der Waals surface area contributed by atoms with E-state index in [0.717, 1.165) is 0 Å². The Hall–Kier alpha value is -1.83. The molecule has 2 N–H and O–H groups in total. The molecule has 1 aliphatic heterocycles. The molecule has 0 amide bonds. The zero-order valence-corrected chi connectivity index (χ0v) is 10.2. The van der Waals surface area contributed by atoms with E-state index in [1.165, 1.54) is 12.4 Å². The van der Waals surface area contributed by atoms with Crippen molar-refractivity contribution in [2.45, 2.75) is 24.4 Å². The normalized spacial score (nSPS) is 30.8. The molecule has 1 saturated heterocycles. The van der Waals surface area contributed by atoms with E-state index in [0.29, 0.717) is 17.6 Å². The molecule has 0 aromatic carbocycles. The number of rotatable bonds is 3. The lowest BCUT2D eigenvalue weighted by atomic mass is 9.98. The fourth-order valence-corrected chi connectivity index (χ4v) is 2.33. The van der Waals surface area contributed by atoms with E-state index in [4.69, 9.17) is 4.74 Å². The quantitative estimate of drug-likeness (QED) is 0.758. The second-order valence-corrected chi connectivity index (χ2v) is 4.52. The van der Waals surface area contributed by atoms with E-state index in [-0.39, 0.29) is 6.61 Å². The fourth-order valence-electron chi connectivity index (χ4n) is 2.33. The van der Waals surface area contributed by atoms with Crippen LogP contribution < -0.4 is 0 Å². The zero-order chi connectivity index (χ0) is 13.5. The predicted octanol–water partition coefficient (Wildman–Crippen LogP) is 0.0232. The number of imidazole rings is 1. The number of aromatic nitrogens is 4. The highest BCUT2D eigenvalue weighted by molar-refractivity contribution is 5.68. The van der Waals surface area contributed by atoms with E-state index in [1.54, 1.807) is 17.1 Å². The molecular formula is C12H14N4O3. The van der Waals surface area contributed by atoms with Crippen molar-refractivity contribution in [1.82, 2.24) is 19.5 Å². The van der Waals surface area contributed by atoms with Crippen molar-refractivity contribution < 1.29 is 14.9 Å². The molecule has 0 unspecified atom stereocenters. The number of hydrogen-bond acceptors (Lipinski definition) is 6. The van der Waals surface area contributed by atoms with Gasteiger partial charge in [0, 0.05) is 6.42 Å². The lowest BCUT2D eigenvalue weighted by molar-refractivity contribution is -0.0953. The number of ether oxygens (including phenoxy) is 1. The molecule has 0 spiro atoms. The SMILES string of the molecule is C=C[C@]1(CO)O[C@@H](n2cnc3cncnc32)C[C@@H]1O.